The summed E-state index contributed by atoms with van der Waals surface area (Å²) in [7, 11) is 0. The van der Waals surface area contributed by atoms with Crippen LogP contribution in [0.3, 0.4) is 0 Å². The molecule has 5 nitrogen and oxygen atoms in total. The molecule has 0 atom stereocenters. The van der Waals surface area contributed by atoms with E-state index in [4.69, 9.17) is 9.47 Å². The lowest BCUT2D eigenvalue weighted by molar-refractivity contribution is -0.112. The molecule has 1 N–H and O–H groups in total. The van der Waals surface area contributed by atoms with E-state index in [0.29, 0.717) is 36.0 Å². The Labute approximate surface area is 167 Å². The molecule has 0 aliphatic rings. The van der Waals surface area contributed by atoms with E-state index in [1.807, 2.05) is 13.0 Å². The minimum absolute atomic E-state index is 0.0107. The van der Waals surface area contributed by atoms with Crippen LogP contribution in [0.2, 0.25) is 0 Å². The first-order chi connectivity index (χ1) is 13.1. The fourth-order valence-corrected chi connectivity index (χ4v) is 2.73. The van der Waals surface area contributed by atoms with Gasteiger partial charge in [-0.05, 0) is 58.8 Å². The van der Waals surface area contributed by atoms with Gasteiger partial charge in [-0.15, -0.1) is 0 Å². The van der Waals surface area contributed by atoms with Gasteiger partial charge in [0, 0.05) is 11.8 Å². The number of hydrogen-bond donors (Lipinski definition) is 1. The SMILES string of the molecule is C=CCOc1ccc(/C=C(\C#N)C(=O)Nc2cccc(OCC)c2)cc1Br. The van der Waals surface area contributed by atoms with Crippen molar-refractivity contribution in [1.82, 2.24) is 0 Å². The van der Waals surface area contributed by atoms with Crippen molar-refractivity contribution in [2.24, 2.45) is 0 Å². The predicted octanol–water partition coefficient (Wildman–Crippen LogP) is 4.96. The van der Waals surface area contributed by atoms with Crippen molar-refractivity contribution in [2.45, 2.75) is 6.92 Å². The monoisotopic (exact) mass is 426 g/mol. The molecule has 0 aromatic heterocycles. The lowest BCUT2D eigenvalue weighted by Crippen LogP contribution is -2.13. The molecule has 1 amide bonds. The zero-order chi connectivity index (χ0) is 19.6. The molecule has 0 bridgehead atoms. The van der Waals surface area contributed by atoms with Crippen LogP contribution in [0.4, 0.5) is 5.69 Å². The standard InChI is InChI=1S/C21H19BrN2O3/c1-3-10-27-20-9-8-15(12-19(20)22)11-16(14-23)21(25)24-17-6-5-7-18(13-17)26-4-2/h3,5-9,11-13H,1,4,10H2,2H3,(H,24,25)/b16-11+. The smallest absolute Gasteiger partial charge is 0.266 e. The van der Waals surface area contributed by atoms with Gasteiger partial charge in [0.15, 0.2) is 0 Å². The van der Waals surface area contributed by atoms with Crippen LogP contribution in [0.1, 0.15) is 12.5 Å². The fourth-order valence-electron chi connectivity index (χ4n) is 2.22. The lowest BCUT2D eigenvalue weighted by atomic mass is 10.1. The normalized spacial score (nSPS) is 10.6. The Kier molecular flexibility index (Phi) is 7.65. The van der Waals surface area contributed by atoms with Crippen LogP contribution in [-0.2, 0) is 4.79 Å². The molecular formula is C21H19BrN2O3. The summed E-state index contributed by atoms with van der Waals surface area (Å²) in [6, 6.07) is 14.3. The number of benzene rings is 2. The number of nitrogens with zero attached hydrogens (tertiary/aromatic N) is 1. The summed E-state index contributed by atoms with van der Waals surface area (Å²) in [5, 5.41) is 12.1. The van der Waals surface area contributed by atoms with Crippen molar-refractivity contribution in [1.29, 1.82) is 5.26 Å². The average molecular weight is 427 g/mol. The highest BCUT2D eigenvalue weighted by molar-refractivity contribution is 9.10. The number of hydrogen-bond acceptors (Lipinski definition) is 4. The number of ether oxygens (including phenoxy) is 2. The summed E-state index contributed by atoms with van der Waals surface area (Å²) < 4.78 is 11.6. The molecule has 6 heteroatoms. The second-order valence-electron chi connectivity index (χ2n) is 5.37. The molecule has 2 rings (SSSR count). The topological polar surface area (TPSA) is 71.3 Å². The Morgan fingerprint density at radius 2 is 2.11 bits per heavy atom. The summed E-state index contributed by atoms with van der Waals surface area (Å²) in [4.78, 5) is 12.4. The van der Waals surface area contributed by atoms with Crippen molar-refractivity contribution in [3.05, 3.63) is 70.7 Å². The Morgan fingerprint density at radius 3 is 2.78 bits per heavy atom. The van der Waals surface area contributed by atoms with Crippen LogP contribution < -0.4 is 14.8 Å². The van der Waals surface area contributed by atoms with Crippen LogP contribution in [0, 0.1) is 11.3 Å². The summed E-state index contributed by atoms with van der Waals surface area (Å²) in [5.74, 6) is 0.814. The molecule has 0 heterocycles. The number of carbonyl (C=O) groups is 1. The van der Waals surface area contributed by atoms with Crippen molar-refractivity contribution in [3.63, 3.8) is 0 Å². The number of rotatable bonds is 8. The molecule has 0 radical (unpaired) electrons. The molecule has 0 spiro atoms. The van der Waals surface area contributed by atoms with E-state index in [2.05, 4.69) is 27.8 Å². The first kappa shape index (κ1) is 20.3. The minimum Gasteiger partial charge on any atom is -0.494 e. The Hall–Kier alpha value is -3.04. The fraction of sp³-hybridized carbons (Fsp3) is 0.143. The van der Waals surface area contributed by atoms with E-state index in [1.54, 1.807) is 48.5 Å². The highest BCUT2D eigenvalue weighted by Gasteiger charge is 2.11. The number of nitrogens with one attached hydrogen (secondary N) is 1. The minimum atomic E-state index is -0.491. The van der Waals surface area contributed by atoms with Crippen molar-refractivity contribution >= 4 is 33.6 Å². The summed E-state index contributed by atoms with van der Waals surface area (Å²) in [6.45, 7) is 6.41. The Bertz CT molecular complexity index is 901. The van der Waals surface area contributed by atoms with Gasteiger partial charge in [0.2, 0.25) is 0 Å². The second kappa shape index (κ2) is 10.2. The van der Waals surface area contributed by atoms with Gasteiger partial charge in [-0.25, -0.2) is 0 Å². The predicted molar refractivity (Wildman–Crippen MR) is 110 cm³/mol. The number of anilines is 1. The summed E-state index contributed by atoms with van der Waals surface area (Å²) >= 11 is 3.42. The third kappa shape index (κ3) is 6.01. The molecule has 0 saturated heterocycles. The molecule has 0 fully saturated rings. The van der Waals surface area contributed by atoms with Gasteiger partial charge in [-0.2, -0.15) is 5.26 Å². The molecule has 2 aromatic carbocycles. The van der Waals surface area contributed by atoms with Gasteiger partial charge in [0.05, 0.1) is 11.1 Å². The highest BCUT2D eigenvalue weighted by atomic mass is 79.9. The quantitative estimate of drug-likeness (QED) is 0.367. The lowest BCUT2D eigenvalue weighted by Gasteiger charge is -2.08. The van der Waals surface area contributed by atoms with E-state index in [9.17, 15) is 10.1 Å². The zero-order valence-electron chi connectivity index (χ0n) is 14.9. The van der Waals surface area contributed by atoms with E-state index in [0.717, 1.165) is 4.47 Å². The molecular weight excluding hydrogens is 408 g/mol. The van der Waals surface area contributed by atoms with Gasteiger partial charge in [-0.1, -0.05) is 24.8 Å². The van der Waals surface area contributed by atoms with E-state index >= 15 is 0 Å². The third-order valence-corrected chi connectivity index (χ3v) is 4.01. The maximum atomic E-state index is 12.4. The average Bonchev–Trinajstić information content (AvgIpc) is 2.66. The molecule has 2 aromatic rings. The molecule has 138 valence electrons. The first-order valence-electron chi connectivity index (χ1n) is 8.26. The van der Waals surface area contributed by atoms with Crippen LogP contribution in [0.25, 0.3) is 6.08 Å². The Balaban J connectivity index is 2.16. The van der Waals surface area contributed by atoms with Crippen molar-refractivity contribution < 1.29 is 14.3 Å². The van der Waals surface area contributed by atoms with E-state index < -0.39 is 5.91 Å². The first-order valence-corrected chi connectivity index (χ1v) is 9.06. The van der Waals surface area contributed by atoms with Crippen molar-refractivity contribution in [2.75, 3.05) is 18.5 Å². The number of halogens is 1. The Morgan fingerprint density at radius 1 is 1.30 bits per heavy atom. The summed E-state index contributed by atoms with van der Waals surface area (Å²) in [6.07, 6.45) is 3.17. The highest BCUT2D eigenvalue weighted by Crippen LogP contribution is 2.27. The maximum absolute atomic E-state index is 12.4. The van der Waals surface area contributed by atoms with Crippen LogP contribution in [0.5, 0.6) is 11.5 Å². The van der Waals surface area contributed by atoms with Gasteiger partial charge in [-0.3, -0.25) is 4.79 Å². The van der Waals surface area contributed by atoms with Gasteiger partial charge in [0.25, 0.3) is 5.91 Å². The van der Waals surface area contributed by atoms with Crippen LogP contribution in [0.15, 0.2) is 65.2 Å². The van der Waals surface area contributed by atoms with Gasteiger partial charge in [0.1, 0.15) is 29.7 Å². The van der Waals surface area contributed by atoms with E-state index in [1.165, 1.54) is 6.08 Å². The largest absolute Gasteiger partial charge is 0.494 e. The second-order valence-corrected chi connectivity index (χ2v) is 6.23. The molecule has 0 unspecified atom stereocenters. The number of carbonyl (C=O) groups excluding carboxylic acids is 1. The maximum Gasteiger partial charge on any atom is 0.266 e. The molecule has 0 aliphatic heterocycles. The van der Waals surface area contributed by atoms with Crippen molar-refractivity contribution in [3.8, 4) is 17.6 Å². The molecule has 27 heavy (non-hydrogen) atoms. The van der Waals surface area contributed by atoms with E-state index in [-0.39, 0.29) is 5.57 Å². The van der Waals surface area contributed by atoms with Gasteiger partial charge < -0.3 is 14.8 Å². The third-order valence-electron chi connectivity index (χ3n) is 3.39. The van der Waals surface area contributed by atoms with Crippen LogP contribution in [-0.4, -0.2) is 19.1 Å². The molecule has 0 saturated carbocycles. The van der Waals surface area contributed by atoms with Gasteiger partial charge >= 0.3 is 0 Å². The summed E-state index contributed by atoms with van der Waals surface area (Å²) in [5.41, 5.74) is 1.24. The zero-order valence-corrected chi connectivity index (χ0v) is 16.5. The number of amides is 1. The molecule has 0 aliphatic carbocycles. The number of nitriles is 1. The van der Waals surface area contributed by atoms with Crippen LogP contribution >= 0.6 is 15.9 Å².